The van der Waals surface area contributed by atoms with Crippen LogP contribution in [0.25, 0.3) is 0 Å². The number of ether oxygens (including phenoxy) is 1. The summed E-state index contributed by atoms with van der Waals surface area (Å²) in [4.78, 5) is 2.18. The van der Waals surface area contributed by atoms with Gasteiger partial charge in [0.1, 0.15) is 5.82 Å². The van der Waals surface area contributed by atoms with Crippen LogP contribution in [-0.4, -0.2) is 56.5 Å². The minimum Gasteiger partial charge on any atom is -0.395 e. The topological polar surface area (TPSA) is 44.7 Å². The Morgan fingerprint density at radius 2 is 1.95 bits per heavy atom. The van der Waals surface area contributed by atoms with E-state index in [0.29, 0.717) is 13.2 Å². The molecular formula is C16H27FN2O2. The number of methoxy groups -OCH3 is 1. The highest BCUT2D eigenvalue weighted by Gasteiger charge is 2.13. The number of nitrogens with one attached hydrogen (secondary N) is 1. The van der Waals surface area contributed by atoms with Gasteiger partial charge in [-0.1, -0.05) is 19.1 Å². The Kier molecular flexibility index (Phi) is 9.17. The summed E-state index contributed by atoms with van der Waals surface area (Å²) in [6.45, 7) is 6.03. The fourth-order valence-corrected chi connectivity index (χ4v) is 2.34. The Labute approximate surface area is 126 Å². The van der Waals surface area contributed by atoms with Gasteiger partial charge in [0.25, 0.3) is 0 Å². The lowest BCUT2D eigenvalue weighted by molar-refractivity contribution is 0.127. The van der Waals surface area contributed by atoms with E-state index in [2.05, 4.69) is 17.1 Å². The third-order valence-electron chi connectivity index (χ3n) is 3.48. The molecule has 1 rings (SSSR count). The molecule has 0 spiro atoms. The van der Waals surface area contributed by atoms with Crippen LogP contribution in [0.1, 0.15) is 24.9 Å². The Balaban J connectivity index is 2.57. The van der Waals surface area contributed by atoms with E-state index in [4.69, 9.17) is 9.84 Å². The number of benzene rings is 1. The van der Waals surface area contributed by atoms with E-state index in [0.717, 1.165) is 31.6 Å². The fraction of sp³-hybridized carbons (Fsp3) is 0.625. The molecule has 0 aromatic heterocycles. The number of aliphatic hydroxyl groups excluding tert-OH is 1. The Bertz CT molecular complexity index is 373. The molecule has 0 amide bonds. The predicted molar refractivity (Wildman–Crippen MR) is 82.8 cm³/mol. The molecule has 0 radical (unpaired) electrons. The van der Waals surface area contributed by atoms with Crippen molar-refractivity contribution in [3.05, 3.63) is 35.6 Å². The van der Waals surface area contributed by atoms with Gasteiger partial charge in [-0.2, -0.15) is 0 Å². The lowest BCUT2D eigenvalue weighted by Crippen LogP contribution is -2.34. The molecule has 120 valence electrons. The van der Waals surface area contributed by atoms with Gasteiger partial charge in [0.15, 0.2) is 0 Å². The molecule has 4 nitrogen and oxygen atoms in total. The molecular weight excluding hydrogens is 271 g/mol. The van der Waals surface area contributed by atoms with Gasteiger partial charge in [0.2, 0.25) is 0 Å². The average molecular weight is 298 g/mol. The normalized spacial score (nSPS) is 12.8. The Morgan fingerprint density at radius 1 is 1.24 bits per heavy atom. The average Bonchev–Trinajstić information content (AvgIpc) is 2.49. The van der Waals surface area contributed by atoms with E-state index in [1.165, 1.54) is 12.1 Å². The van der Waals surface area contributed by atoms with Gasteiger partial charge in [0.05, 0.1) is 13.2 Å². The largest absolute Gasteiger partial charge is 0.395 e. The van der Waals surface area contributed by atoms with E-state index < -0.39 is 0 Å². The predicted octanol–water partition coefficient (Wildman–Crippen LogP) is 1.81. The van der Waals surface area contributed by atoms with Gasteiger partial charge in [0, 0.05) is 32.8 Å². The molecule has 0 aliphatic rings. The summed E-state index contributed by atoms with van der Waals surface area (Å²) in [5.74, 6) is -0.212. The van der Waals surface area contributed by atoms with E-state index in [1.54, 1.807) is 7.11 Å². The summed E-state index contributed by atoms with van der Waals surface area (Å²) in [7, 11) is 1.68. The SMILES string of the molecule is CCNC(CCN(CCO)CCOC)c1ccc(F)cc1. The van der Waals surface area contributed by atoms with Crippen molar-refractivity contribution in [2.24, 2.45) is 0 Å². The van der Waals surface area contributed by atoms with Crippen molar-refractivity contribution in [3.63, 3.8) is 0 Å². The maximum absolute atomic E-state index is 13.0. The maximum Gasteiger partial charge on any atom is 0.123 e. The Morgan fingerprint density at radius 3 is 2.52 bits per heavy atom. The maximum atomic E-state index is 13.0. The van der Waals surface area contributed by atoms with Gasteiger partial charge in [-0.05, 0) is 30.7 Å². The van der Waals surface area contributed by atoms with Crippen molar-refractivity contribution in [2.75, 3.05) is 46.5 Å². The zero-order valence-electron chi connectivity index (χ0n) is 13.0. The lowest BCUT2D eigenvalue weighted by Gasteiger charge is -2.25. The highest BCUT2D eigenvalue weighted by molar-refractivity contribution is 5.19. The first-order chi connectivity index (χ1) is 10.2. The molecule has 2 N–H and O–H groups in total. The molecule has 0 saturated heterocycles. The first kappa shape index (κ1) is 18.0. The van der Waals surface area contributed by atoms with E-state index in [-0.39, 0.29) is 18.5 Å². The molecule has 1 aromatic rings. The second-order valence-corrected chi connectivity index (χ2v) is 5.01. The quantitative estimate of drug-likeness (QED) is 0.654. The van der Waals surface area contributed by atoms with Crippen LogP contribution in [0, 0.1) is 5.82 Å². The van der Waals surface area contributed by atoms with Crippen LogP contribution >= 0.6 is 0 Å². The van der Waals surface area contributed by atoms with Gasteiger partial charge >= 0.3 is 0 Å². The summed E-state index contributed by atoms with van der Waals surface area (Å²) >= 11 is 0. The summed E-state index contributed by atoms with van der Waals surface area (Å²) in [6.07, 6.45) is 0.906. The zero-order chi connectivity index (χ0) is 15.5. The number of nitrogens with zero attached hydrogens (tertiary/aromatic N) is 1. The van der Waals surface area contributed by atoms with E-state index in [9.17, 15) is 4.39 Å². The highest BCUT2D eigenvalue weighted by Crippen LogP contribution is 2.17. The fourth-order valence-electron chi connectivity index (χ4n) is 2.34. The first-order valence-corrected chi connectivity index (χ1v) is 7.52. The van der Waals surface area contributed by atoms with Gasteiger partial charge in [-0.25, -0.2) is 4.39 Å². The van der Waals surface area contributed by atoms with E-state index in [1.807, 2.05) is 12.1 Å². The number of halogens is 1. The molecule has 21 heavy (non-hydrogen) atoms. The zero-order valence-corrected chi connectivity index (χ0v) is 13.0. The molecule has 1 aromatic carbocycles. The lowest BCUT2D eigenvalue weighted by atomic mass is 10.0. The van der Waals surface area contributed by atoms with Crippen molar-refractivity contribution in [1.82, 2.24) is 10.2 Å². The smallest absolute Gasteiger partial charge is 0.123 e. The number of hydrogen-bond acceptors (Lipinski definition) is 4. The van der Waals surface area contributed by atoms with Crippen molar-refractivity contribution >= 4 is 0 Å². The molecule has 0 saturated carbocycles. The summed E-state index contributed by atoms with van der Waals surface area (Å²) < 4.78 is 18.1. The van der Waals surface area contributed by atoms with Crippen LogP contribution in [0.4, 0.5) is 4.39 Å². The van der Waals surface area contributed by atoms with Crippen molar-refractivity contribution in [2.45, 2.75) is 19.4 Å². The third-order valence-corrected chi connectivity index (χ3v) is 3.48. The van der Waals surface area contributed by atoms with Crippen LogP contribution in [0.2, 0.25) is 0 Å². The minimum absolute atomic E-state index is 0.145. The highest BCUT2D eigenvalue weighted by atomic mass is 19.1. The Hall–Kier alpha value is -1.01. The third kappa shape index (κ3) is 7.00. The molecule has 0 bridgehead atoms. The van der Waals surface area contributed by atoms with E-state index >= 15 is 0 Å². The van der Waals surface area contributed by atoms with Gasteiger partial charge in [-0.15, -0.1) is 0 Å². The van der Waals surface area contributed by atoms with Crippen LogP contribution in [0.3, 0.4) is 0 Å². The molecule has 0 aliphatic heterocycles. The summed E-state index contributed by atoms with van der Waals surface area (Å²) in [5.41, 5.74) is 1.09. The summed E-state index contributed by atoms with van der Waals surface area (Å²) in [5, 5.41) is 12.5. The van der Waals surface area contributed by atoms with Crippen molar-refractivity contribution in [1.29, 1.82) is 0 Å². The molecule has 1 atom stereocenters. The monoisotopic (exact) mass is 298 g/mol. The van der Waals surface area contributed by atoms with Crippen LogP contribution in [0.15, 0.2) is 24.3 Å². The molecule has 5 heteroatoms. The van der Waals surface area contributed by atoms with Crippen molar-refractivity contribution in [3.8, 4) is 0 Å². The second kappa shape index (κ2) is 10.7. The number of hydrogen-bond donors (Lipinski definition) is 2. The van der Waals surface area contributed by atoms with Crippen LogP contribution < -0.4 is 5.32 Å². The van der Waals surface area contributed by atoms with Gasteiger partial charge < -0.3 is 15.2 Å². The number of rotatable bonds is 11. The van der Waals surface area contributed by atoms with Crippen molar-refractivity contribution < 1.29 is 14.2 Å². The standard InChI is InChI=1S/C16H27FN2O2/c1-3-18-16(14-4-6-15(17)7-5-14)8-9-19(10-12-20)11-13-21-2/h4-7,16,18,20H,3,8-13H2,1-2H3. The van der Waals surface area contributed by atoms with Gasteiger partial charge in [-0.3, -0.25) is 4.90 Å². The second-order valence-electron chi connectivity index (χ2n) is 5.01. The molecule has 0 heterocycles. The minimum atomic E-state index is -0.212. The molecule has 0 fully saturated rings. The van der Waals surface area contributed by atoms with Crippen LogP contribution in [-0.2, 0) is 4.74 Å². The molecule has 0 aliphatic carbocycles. The number of aliphatic hydroxyl groups is 1. The first-order valence-electron chi connectivity index (χ1n) is 7.52. The summed E-state index contributed by atoms with van der Waals surface area (Å²) in [6, 6.07) is 6.84. The van der Waals surface area contributed by atoms with Crippen LogP contribution in [0.5, 0.6) is 0 Å². The molecule has 1 unspecified atom stereocenters.